The van der Waals surface area contributed by atoms with Gasteiger partial charge in [0.15, 0.2) is 11.9 Å². The zero-order valence-corrected chi connectivity index (χ0v) is 10.8. The highest BCUT2D eigenvalue weighted by molar-refractivity contribution is 5.66. The maximum Gasteiger partial charge on any atom is 0.303 e. The molecule has 0 bridgehead atoms. The fourth-order valence-corrected chi connectivity index (χ4v) is 2.67. The maximum absolute atomic E-state index is 10.9. The van der Waals surface area contributed by atoms with Crippen molar-refractivity contribution < 1.29 is 19.0 Å². The summed E-state index contributed by atoms with van der Waals surface area (Å²) >= 11 is 0. The minimum atomic E-state index is -0.519. The lowest BCUT2D eigenvalue weighted by atomic mass is 9.94. The molecular formula is C14H20O4. The van der Waals surface area contributed by atoms with Gasteiger partial charge in [0, 0.05) is 26.2 Å². The Bertz CT molecular complexity index is 338. The Morgan fingerprint density at radius 2 is 2.22 bits per heavy atom. The van der Waals surface area contributed by atoms with E-state index in [0.29, 0.717) is 13.0 Å². The Morgan fingerprint density at radius 3 is 2.83 bits per heavy atom. The average molecular weight is 252 g/mol. The number of rotatable bonds is 3. The highest BCUT2D eigenvalue weighted by Crippen LogP contribution is 2.38. The summed E-state index contributed by atoms with van der Waals surface area (Å²) in [5, 5.41) is 0. The first-order chi connectivity index (χ1) is 8.63. The van der Waals surface area contributed by atoms with E-state index in [0.717, 1.165) is 25.7 Å². The van der Waals surface area contributed by atoms with Gasteiger partial charge in [0.05, 0.1) is 12.7 Å². The number of hydrogen-bond donors (Lipinski definition) is 0. The van der Waals surface area contributed by atoms with E-state index in [-0.39, 0.29) is 12.1 Å². The van der Waals surface area contributed by atoms with Gasteiger partial charge in [0.1, 0.15) is 0 Å². The van der Waals surface area contributed by atoms with Gasteiger partial charge in [-0.3, -0.25) is 4.79 Å². The van der Waals surface area contributed by atoms with E-state index in [1.54, 1.807) is 0 Å². The highest BCUT2D eigenvalue weighted by Gasteiger charge is 2.42. The highest BCUT2D eigenvalue weighted by atomic mass is 16.7. The molecule has 0 N–H and O–H groups in total. The number of esters is 1. The van der Waals surface area contributed by atoms with Crippen LogP contribution in [0, 0.1) is 12.3 Å². The van der Waals surface area contributed by atoms with Crippen LogP contribution in [0.4, 0.5) is 0 Å². The lowest BCUT2D eigenvalue weighted by molar-refractivity contribution is -0.189. The number of carbonyl (C=O) groups is 1. The van der Waals surface area contributed by atoms with E-state index in [1.807, 2.05) is 0 Å². The van der Waals surface area contributed by atoms with Crippen LogP contribution in [-0.2, 0) is 19.0 Å². The van der Waals surface area contributed by atoms with Crippen LogP contribution in [0.2, 0.25) is 0 Å². The molecule has 18 heavy (non-hydrogen) atoms. The Morgan fingerprint density at radius 1 is 1.50 bits per heavy atom. The first kappa shape index (κ1) is 13.4. The first-order valence-corrected chi connectivity index (χ1v) is 6.59. The van der Waals surface area contributed by atoms with Crippen molar-refractivity contribution in [3.63, 3.8) is 0 Å². The van der Waals surface area contributed by atoms with Crippen LogP contribution in [-0.4, -0.2) is 30.6 Å². The Kier molecular flexibility index (Phi) is 4.26. The van der Waals surface area contributed by atoms with Gasteiger partial charge in [-0.15, -0.1) is 6.42 Å². The van der Waals surface area contributed by atoms with E-state index in [4.69, 9.17) is 20.6 Å². The van der Waals surface area contributed by atoms with Crippen LogP contribution in [0.3, 0.4) is 0 Å². The van der Waals surface area contributed by atoms with Crippen LogP contribution in [0.25, 0.3) is 0 Å². The van der Waals surface area contributed by atoms with Gasteiger partial charge in [-0.05, 0) is 12.8 Å². The summed E-state index contributed by atoms with van der Waals surface area (Å²) in [5.41, 5.74) is 0. The van der Waals surface area contributed by atoms with Crippen molar-refractivity contribution in [2.24, 2.45) is 0 Å². The molecule has 4 nitrogen and oxygen atoms in total. The van der Waals surface area contributed by atoms with Crippen molar-refractivity contribution in [3.8, 4) is 12.3 Å². The van der Waals surface area contributed by atoms with E-state index in [9.17, 15) is 4.79 Å². The zero-order chi connectivity index (χ0) is 13.0. The second kappa shape index (κ2) is 5.73. The number of hydrogen-bond acceptors (Lipinski definition) is 4. The molecule has 1 heterocycles. The van der Waals surface area contributed by atoms with Crippen molar-refractivity contribution in [3.05, 3.63) is 0 Å². The normalized spacial score (nSPS) is 27.7. The molecule has 1 saturated heterocycles. The van der Waals surface area contributed by atoms with Gasteiger partial charge in [0.25, 0.3) is 0 Å². The van der Waals surface area contributed by atoms with Gasteiger partial charge >= 0.3 is 5.97 Å². The van der Waals surface area contributed by atoms with Crippen LogP contribution in [0.5, 0.6) is 0 Å². The summed E-state index contributed by atoms with van der Waals surface area (Å²) < 4.78 is 16.8. The molecule has 0 aromatic rings. The molecule has 0 aromatic carbocycles. The number of ether oxygens (including phenoxy) is 3. The summed E-state index contributed by atoms with van der Waals surface area (Å²) in [6.45, 7) is 1.90. The van der Waals surface area contributed by atoms with Crippen LogP contribution >= 0.6 is 0 Å². The molecule has 1 saturated carbocycles. The SMILES string of the molecule is C#C[C@@H](C[C@@H]1COC2(CCCCC2)O1)OC(C)=O. The van der Waals surface area contributed by atoms with Gasteiger partial charge in [0.2, 0.25) is 0 Å². The van der Waals surface area contributed by atoms with E-state index >= 15 is 0 Å². The topological polar surface area (TPSA) is 44.8 Å². The maximum atomic E-state index is 10.9. The average Bonchev–Trinajstić information content (AvgIpc) is 2.71. The third-order valence-electron chi connectivity index (χ3n) is 3.50. The Hall–Kier alpha value is -1.05. The smallest absolute Gasteiger partial charge is 0.303 e. The molecule has 1 aliphatic heterocycles. The standard InChI is InChI=1S/C14H20O4/c1-3-12(17-11(2)15)9-13-10-16-14(18-13)7-5-4-6-8-14/h1,12-13H,4-10H2,2H3/t12-,13+/m0/s1. The summed E-state index contributed by atoms with van der Waals surface area (Å²) in [7, 11) is 0. The largest absolute Gasteiger partial charge is 0.449 e. The zero-order valence-electron chi connectivity index (χ0n) is 10.8. The molecule has 2 aliphatic rings. The van der Waals surface area contributed by atoms with Gasteiger partial charge in [-0.2, -0.15) is 0 Å². The first-order valence-electron chi connectivity index (χ1n) is 6.59. The van der Waals surface area contributed by atoms with E-state index < -0.39 is 11.9 Å². The van der Waals surface area contributed by atoms with Crippen molar-refractivity contribution in [1.29, 1.82) is 0 Å². The predicted octanol–water partition coefficient (Wildman–Crippen LogP) is 2.02. The van der Waals surface area contributed by atoms with Gasteiger partial charge in [-0.25, -0.2) is 0 Å². The third-order valence-corrected chi connectivity index (χ3v) is 3.50. The molecule has 0 unspecified atom stereocenters. The second-order valence-corrected chi connectivity index (χ2v) is 5.02. The molecule has 100 valence electrons. The van der Waals surface area contributed by atoms with Crippen molar-refractivity contribution in [2.45, 2.75) is 63.4 Å². The lowest BCUT2D eigenvalue weighted by Crippen LogP contribution is -2.34. The van der Waals surface area contributed by atoms with Crippen molar-refractivity contribution >= 4 is 5.97 Å². The molecule has 4 heteroatoms. The van der Waals surface area contributed by atoms with Crippen LogP contribution < -0.4 is 0 Å². The third kappa shape index (κ3) is 3.24. The molecule has 2 fully saturated rings. The Balaban J connectivity index is 1.85. The summed E-state index contributed by atoms with van der Waals surface area (Å²) in [6, 6.07) is 0. The molecule has 2 rings (SSSR count). The lowest BCUT2D eigenvalue weighted by Gasteiger charge is -2.31. The summed E-state index contributed by atoms with van der Waals surface area (Å²) in [6.07, 6.45) is 10.7. The number of carbonyl (C=O) groups excluding carboxylic acids is 1. The summed E-state index contributed by atoms with van der Waals surface area (Å²) in [5.74, 6) is 1.73. The molecular weight excluding hydrogens is 232 g/mol. The monoisotopic (exact) mass is 252 g/mol. The van der Waals surface area contributed by atoms with Crippen molar-refractivity contribution in [1.82, 2.24) is 0 Å². The minimum absolute atomic E-state index is 0.0662. The van der Waals surface area contributed by atoms with Gasteiger partial charge in [-0.1, -0.05) is 12.3 Å². The van der Waals surface area contributed by atoms with Gasteiger partial charge < -0.3 is 14.2 Å². The molecule has 2 atom stereocenters. The minimum Gasteiger partial charge on any atom is -0.449 e. The molecule has 0 amide bonds. The van der Waals surface area contributed by atoms with Crippen molar-refractivity contribution in [2.75, 3.05) is 6.61 Å². The fourth-order valence-electron chi connectivity index (χ4n) is 2.67. The van der Waals surface area contributed by atoms with Crippen LogP contribution in [0.1, 0.15) is 45.4 Å². The second-order valence-electron chi connectivity index (χ2n) is 5.02. The fraction of sp³-hybridized carbons (Fsp3) is 0.786. The predicted molar refractivity (Wildman–Crippen MR) is 65.6 cm³/mol. The van der Waals surface area contributed by atoms with Crippen LogP contribution in [0.15, 0.2) is 0 Å². The Labute approximate surface area is 108 Å². The molecule has 1 spiro atoms. The molecule has 1 aliphatic carbocycles. The summed E-state index contributed by atoms with van der Waals surface area (Å²) in [4.78, 5) is 10.9. The van der Waals surface area contributed by atoms with E-state index in [1.165, 1.54) is 13.3 Å². The quantitative estimate of drug-likeness (QED) is 0.569. The molecule has 0 radical (unpaired) electrons. The van der Waals surface area contributed by atoms with E-state index in [2.05, 4.69) is 5.92 Å². The molecule has 0 aromatic heterocycles. The number of terminal acetylenes is 1.